The molecule has 3 aromatic rings. The first-order valence-corrected chi connectivity index (χ1v) is 14.8. The van der Waals surface area contributed by atoms with E-state index in [1.165, 1.54) is 23.4 Å². The lowest BCUT2D eigenvalue weighted by molar-refractivity contribution is -0.127. The van der Waals surface area contributed by atoms with Crippen LogP contribution in [0.4, 0.5) is 17.1 Å². The average molecular weight is 583 g/mol. The van der Waals surface area contributed by atoms with Gasteiger partial charge in [-0.05, 0) is 73.9 Å². The number of hydrogen-bond donors (Lipinski definition) is 3. The van der Waals surface area contributed by atoms with E-state index in [1.807, 2.05) is 23.1 Å². The Labute approximate surface area is 251 Å². The Morgan fingerprint density at radius 1 is 0.791 bits per heavy atom. The van der Waals surface area contributed by atoms with Crippen molar-refractivity contribution in [1.82, 2.24) is 10.2 Å². The standard InChI is InChI=1S/C33H38N6O4/c1-23-6-2-3-7-28(23)37-18-20-38(21-19-37)29-14-13-26(32(42)35-15-5-17-39-16-4-8-30(39)40)22-27(29)36-33(43)25-11-9-24(10-12-25)31(34)41/h2-3,6-7,9-14,22H,4-5,8,15-21H2,1H3,(H2,34,41)(H,35,42)(H,36,43). The predicted molar refractivity (Wildman–Crippen MR) is 168 cm³/mol. The van der Waals surface area contributed by atoms with Gasteiger partial charge in [0.15, 0.2) is 0 Å². The quantitative estimate of drug-likeness (QED) is 0.315. The first-order valence-electron chi connectivity index (χ1n) is 14.8. The van der Waals surface area contributed by atoms with Crippen LogP contribution in [0.15, 0.2) is 66.7 Å². The molecule has 0 atom stereocenters. The molecule has 5 rings (SSSR count). The minimum Gasteiger partial charge on any atom is -0.368 e. The summed E-state index contributed by atoms with van der Waals surface area (Å²) in [5.74, 6) is -0.996. The molecule has 10 nitrogen and oxygen atoms in total. The highest BCUT2D eigenvalue weighted by Crippen LogP contribution is 2.30. The van der Waals surface area contributed by atoms with Gasteiger partial charge in [-0.25, -0.2) is 0 Å². The number of benzene rings is 3. The van der Waals surface area contributed by atoms with Crippen molar-refractivity contribution in [2.45, 2.75) is 26.2 Å². The van der Waals surface area contributed by atoms with Crippen LogP contribution in [-0.4, -0.2) is 74.3 Å². The summed E-state index contributed by atoms with van der Waals surface area (Å²) in [7, 11) is 0. The van der Waals surface area contributed by atoms with Crippen molar-refractivity contribution in [1.29, 1.82) is 0 Å². The van der Waals surface area contributed by atoms with E-state index in [0.29, 0.717) is 48.3 Å². The highest BCUT2D eigenvalue weighted by atomic mass is 16.2. The number of piperazine rings is 1. The molecule has 2 aliphatic heterocycles. The SMILES string of the molecule is Cc1ccccc1N1CCN(c2ccc(C(=O)NCCCN3CCCC3=O)cc2NC(=O)c2ccc(C(N)=O)cc2)CC1. The van der Waals surface area contributed by atoms with Crippen LogP contribution < -0.4 is 26.2 Å². The minimum atomic E-state index is -0.565. The maximum absolute atomic E-state index is 13.3. The summed E-state index contributed by atoms with van der Waals surface area (Å²) < 4.78 is 0. The second-order valence-corrected chi connectivity index (χ2v) is 11.0. The number of carbonyl (C=O) groups is 4. The van der Waals surface area contributed by atoms with Crippen molar-refractivity contribution >= 4 is 40.7 Å². The third-order valence-corrected chi connectivity index (χ3v) is 8.08. The van der Waals surface area contributed by atoms with Crippen LogP contribution >= 0.6 is 0 Å². The number of aryl methyl sites for hydroxylation is 1. The molecule has 2 fully saturated rings. The van der Waals surface area contributed by atoms with E-state index >= 15 is 0 Å². The van der Waals surface area contributed by atoms with E-state index in [1.54, 1.807) is 24.3 Å². The molecule has 3 aromatic carbocycles. The number of nitrogens with zero attached hydrogens (tertiary/aromatic N) is 3. The van der Waals surface area contributed by atoms with Crippen molar-refractivity contribution in [3.63, 3.8) is 0 Å². The number of anilines is 3. The van der Waals surface area contributed by atoms with Gasteiger partial charge >= 0.3 is 0 Å². The Balaban J connectivity index is 1.30. The molecule has 0 bridgehead atoms. The van der Waals surface area contributed by atoms with Crippen molar-refractivity contribution in [2.75, 3.05) is 60.9 Å². The van der Waals surface area contributed by atoms with Crippen LogP contribution in [0.2, 0.25) is 0 Å². The van der Waals surface area contributed by atoms with Crippen LogP contribution in [0.3, 0.4) is 0 Å². The molecule has 0 saturated carbocycles. The monoisotopic (exact) mass is 582 g/mol. The number of likely N-dealkylation sites (tertiary alicyclic amines) is 1. The van der Waals surface area contributed by atoms with E-state index in [0.717, 1.165) is 44.8 Å². The van der Waals surface area contributed by atoms with Crippen LogP contribution in [0, 0.1) is 6.92 Å². The van der Waals surface area contributed by atoms with Gasteiger partial charge in [0, 0.05) is 74.6 Å². The number of hydrogen-bond acceptors (Lipinski definition) is 6. The third-order valence-electron chi connectivity index (χ3n) is 8.08. The number of rotatable bonds is 10. The highest BCUT2D eigenvalue weighted by molar-refractivity contribution is 6.07. The number of para-hydroxylation sites is 1. The molecular formula is C33H38N6O4. The molecule has 2 saturated heterocycles. The van der Waals surface area contributed by atoms with Crippen molar-refractivity contribution in [3.8, 4) is 0 Å². The second kappa shape index (κ2) is 13.4. The Morgan fingerprint density at radius 3 is 2.09 bits per heavy atom. The third kappa shape index (κ3) is 7.14. The molecule has 224 valence electrons. The molecule has 10 heteroatoms. The molecule has 0 aromatic heterocycles. The summed E-state index contributed by atoms with van der Waals surface area (Å²) in [6.07, 6.45) is 2.16. The highest BCUT2D eigenvalue weighted by Gasteiger charge is 2.23. The smallest absolute Gasteiger partial charge is 0.255 e. The maximum Gasteiger partial charge on any atom is 0.255 e. The molecule has 4 amide bonds. The number of nitrogens with one attached hydrogen (secondary N) is 2. The van der Waals surface area contributed by atoms with Crippen molar-refractivity contribution in [3.05, 3.63) is 89.0 Å². The topological polar surface area (TPSA) is 128 Å². The lowest BCUT2D eigenvalue weighted by Crippen LogP contribution is -2.47. The van der Waals surface area contributed by atoms with E-state index < -0.39 is 5.91 Å². The van der Waals surface area contributed by atoms with Crippen LogP contribution in [0.25, 0.3) is 0 Å². The first kappa shape index (κ1) is 29.6. The summed E-state index contributed by atoms with van der Waals surface area (Å²) in [6, 6.07) is 19.8. The molecular weight excluding hydrogens is 544 g/mol. The number of primary amides is 1. The van der Waals surface area contributed by atoms with Crippen molar-refractivity contribution < 1.29 is 19.2 Å². The van der Waals surface area contributed by atoms with Crippen LogP contribution in [0.1, 0.15) is 55.9 Å². The summed E-state index contributed by atoms with van der Waals surface area (Å²) in [5.41, 5.74) is 10.3. The van der Waals surface area contributed by atoms with Crippen LogP contribution in [0.5, 0.6) is 0 Å². The number of nitrogens with two attached hydrogens (primary N) is 1. The van der Waals surface area contributed by atoms with Crippen LogP contribution in [-0.2, 0) is 4.79 Å². The lowest BCUT2D eigenvalue weighted by atomic mass is 10.1. The molecule has 2 heterocycles. The second-order valence-electron chi connectivity index (χ2n) is 11.0. The molecule has 0 radical (unpaired) electrons. The summed E-state index contributed by atoms with van der Waals surface area (Å²) in [5, 5.41) is 5.94. The predicted octanol–water partition coefficient (Wildman–Crippen LogP) is 3.42. The normalized spacial score (nSPS) is 15.0. The van der Waals surface area contributed by atoms with Crippen molar-refractivity contribution in [2.24, 2.45) is 5.73 Å². The molecule has 0 spiro atoms. The van der Waals surface area contributed by atoms with E-state index in [2.05, 4.69) is 39.5 Å². The fourth-order valence-corrected chi connectivity index (χ4v) is 5.65. The Hall–Kier alpha value is -4.86. The molecule has 0 aliphatic carbocycles. The van der Waals surface area contributed by atoms with Gasteiger partial charge in [0.2, 0.25) is 11.8 Å². The number of carbonyl (C=O) groups excluding carboxylic acids is 4. The van der Waals surface area contributed by atoms with E-state index in [4.69, 9.17) is 5.73 Å². The lowest BCUT2D eigenvalue weighted by Gasteiger charge is -2.38. The Kier molecular flexibility index (Phi) is 9.24. The fourth-order valence-electron chi connectivity index (χ4n) is 5.65. The van der Waals surface area contributed by atoms with E-state index in [-0.39, 0.29) is 17.7 Å². The van der Waals surface area contributed by atoms with Gasteiger partial charge in [0.1, 0.15) is 0 Å². The first-order chi connectivity index (χ1) is 20.8. The minimum absolute atomic E-state index is 0.173. The van der Waals surface area contributed by atoms with Gasteiger partial charge in [0.05, 0.1) is 11.4 Å². The Bertz CT molecular complexity index is 1500. The Morgan fingerprint density at radius 2 is 1.44 bits per heavy atom. The molecule has 2 aliphatic rings. The van der Waals surface area contributed by atoms with Gasteiger partial charge in [-0.3, -0.25) is 19.2 Å². The summed E-state index contributed by atoms with van der Waals surface area (Å²) >= 11 is 0. The van der Waals surface area contributed by atoms with Gasteiger partial charge in [-0.1, -0.05) is 18.2 Å². The maximum atomic E-state index is 13.3. The molecule has 43 heavy (non-hydrogen) atoms. The molecule has 0 unspecified atom stereocenters. The zero-order valence-corrected chi connectivity index (χ0v) is 24.5. The van der Waals surface area contributed by atoms with E-state index in [9.17, 15) is 19.2 Å². The van der Waals surface area contributed by atoms with Gasteiger partial charge in [-0.15, -0.1) is 0 Å². The van der Waals surface area contributed by atoms with Gasteiger partial charge < -0.3 is 31.1 Å². The number of amides is 4. The average Bonchev–Trinajstić information content (AvgIpc) is 3.43. The molecule has 4 N–H and O–H groups in total. The summed E-state index contributed by atoms with van der Waals surface area (Å²) in [6.45, 7) is 7.07. The zero-order chi connectivity index (χ0) is 30.3. The fraction of sp³-hybridized carbons (Fsp3) is 0.333. The van der Waals surface area contributed by atoms with Gasteiger partial charge in [-0.2, -0.15) is 0 Å². The summed E-state index contributed by atoms with van der Waals surface area (Å²) in [4.78, 5) is 56.0. The largest absolute Gasteiger partial charge is 0.368 e. The zero-order valence-electron chi connectivity index (χ0n) is 24.5. The van der Waals surface area contributed by atoms with Gasteiger partial charge in [0.25, 0.3) is 11.8 Å².